The number of nitrogen functional groups attached to an aromatic ring is 1. The van der Waals surface area contributed by atoms with E-state index < -0.39 is 0 Å². The van der Waals surface area contributed by atoms with Gasteiger partial charge in [0.25, 0.3) is 0 Å². The van der Waals surface area contributed by atoms with Crippen LogP contribution < -0.4 is 10.5 Å². The van der Waals surface area contributed by atoms with Gasteiger partial charge in [0, 0.05) is 5.56 Å². The fourth-order valence-electron chi connectivity index (χ4n) is 2.14. The van der Waals surface area contributed by atoms with E-state index in [1.54, 1.807) is 0 Å². The first-order valence-electron chi connectivity index (χ1n) is 6.54. The van der Waals surface area contributed by atoms with Crippen LogP contribution in [-0.2, 0) is 0 Å². The largest absolute Gasteiger partial charge is 0.493 e. The van der Waals surface area contributed by atoms with Crippen LogP contribution in [-0.4, -0.2) is 12.4 Å². The van der Waals surface area contributed by atoms with E-state index in [1.165, 1.54) is 12.8 Å². The van der Waals surface area contributed by atoms with Crippen LogP contribution in [0.25, 0.3) is 0 Å². The minimum absolute atomic E-state index is 0.104. The molecule has 0 saturated heterocycles. The van der Waals surface area contributed by atoms with Crippen molar-refractivity contribution in [2.75, 3.05) is 6.61 Å². The second kappa shape index (κ2) is 6.43. The Morgan fingerprint density at radius 3 is 2.33 bits per heavy atom. The average molecular weight is 248 g/mol. The lowest BCUT2D eigenvalue weighted by molar-refractivity contribution is 0.248. The minimum atomic E-state index is 0.104. The Kier molecular flexibility index (Phi) is 5.20. The number of hydrogen-bond donors (Lipinski definition) is 2. The molecule has 18 heavy (non-hydrogen) atoms. The lowest BCUT2D eigenvalue weighted by Crippen LogP contribution is -2.13. The Morgan fingerprint density at radius 1 is 1.33 bits per heavy atom. The summed E-state index contributed by atoms with van der Waals surface area (Å²) in [4.78, 5) is 0. The summed E-state index contributed by atoms with van der Waals surface area (Å²) in [5, 5.41) is 7.46. The quantitative estimate of drug-likeness (QED) is 0.598. The van der Waals surface area contributed by atoms with Gasteiger partial charge in [-0.1, -0.05) is 20.3 Å². The Balaban J connectivity index is 2.81. The first-order chi connectivity index (χ1) is 8.45. The molecule has 1 aromatic carbocycles. The molecule has 1 rings (SSSR count). The standard InChI is InChI=1S/C15H24N2O/c1-5-6-10(2)9-18-14-11(3)7-13(15(16)17)8-12(14)4/h7-8,10H,5-6,9H2,1-4H3,(H3,16,17). The van der Waals surface area contributed by atoms with E-state index in [-0.39, 0.29) is 5.84 Å². The van der Waals surface area contributed by atoms with Crippen molar-refractivity contribution in [2.45, 2.75) is 40.5 Å². The highest BCUT2D eigenvalue weighted by molar-refractivity contribution is 5.95. The van der Waals surface area contributed by atoms with Gasteiger partial charge in [0.2, 0.25) is 0 Å². The first kappa shape index (κ1) is 14.6. The van der Waals surface area contributed by atoms with Crippen LogP contribution in [0, 0.1) is 25.2 Å². The van der Waals surface area contributed by atoms with Crippen LogP contribution >= 0.6 is 0 Å². The van der Waals surface area contributed by atoms with Crippen LogP contribution in [0.15, 0.2) is 12.1 Å². The van der Waals surface area contributed by atoms with Gasteiger partial charge in [-0.25, -0.2) is 0 Å². The summed E-state index contributed by atoms with van der Waals surface area (Å²) in [5.41, 5.74) is 8.36. The highest BCUT2D eigenvalue weighted by Gasteiger charge is 2.09. The molecule has 0 spiro atoms. The summed E-state index contributed by atoms with van der Waals surface area (Å²) in [6, 6.07) is 3.82. The predicted octanol–water partition coefficient (Wildman–Crippen LogP) is 3.40. The van der Waals surface area contributed by atoms with E-state index in [0.29, 0.717) is 5.92 Å². The third kappa shape index (κ3) is 3.76. The second-order valence-electron chi connectivity index (χ2n) is 5.06. The highest BCUT2D eigenvalue weighted by atomic mass is 16.5. The molecule has 0 heterocycles. The molecule has 0 bridgehead atoms. The topological polar surface area (TPSA) is 59.1 Å². The van der Waals surface area contributed by atoms with Crippen molar-refractivity contribution in [1.29, 1.82) is 5.41 Å². The molecule has 0 amide bonds. The molecule has 0 aliphatic carbocycles. The second-order valence-corrected chi connectivity index (χ2v) is 5.06. The Morgan fingerprint density at radius 2 is 1.89 bits per heavy atom. The van der Waals surface area contributed by atoms with E-state index in [0.717, 1.165) is 29.0 Å². The van der Waals surface area contributed by atoms with Crippen molar-refractivity contribution in [2.24, 2.45) is 11.7 Å². The molecule has 0 saturated carbocycles. The van der Waals surface area contributed by atoms with E-state index in [1.807, 2.05) is 26.0 Å². The average Bonchev–Trinajstić information content (AvgIpc) is 2.27. The maximum absolute atomic E-state index is 7.46. The number of benzene rings is 1. The van der Waals surface area contributed by atoms with Crippen molar-refractivity contribution < 1.29 is 4.74 Å². The van der Waals surface area contributed by atoms with Crippen molar-refractivity contribution in [1.82, 2.24) is 0 Å². The summed E-state index contributed by atoms with van der Waals surface area (Å²) >= 11 is 0. The van der Waals surface area contributed by atoms with Crippen LogP contribution in [0.4, 0.5) is 0 Å². The van der Waals surface area contributed by atoms with Gasteiger partial charge in [0.05, 0.1) is 6.61 Å². The molecule has 3 heteroatoms. The summed E-state index contributed by atoms with van der Waals surface area (Å²) in [7, 11) is 0. The molecule has 0 aliphatic rings. The van der Waals surface area contributed by atoms with Gasteiger partial charge in [-0.15, -0.1) is 0 Å². The van der Waals surface area contributed by atoms with Gasteiger partial charge in [-0.05, 0) is 49.4 Å². The Bertz CT molecular complexity index is 403. The van der Waals surface area contributed by atoms with Gasteiger partial charge < -0.3 is 10.5 Å². The van der Waals surface area contributed by atoms with Gasteiger partial charge >= 0.3 is 0 Å². The van der Waals surface area contributed by atoms with E-state index in [9.17, 15) is 0 Å². The van der Waals surface area contributed by atoms with Gasteiger partial charge in [-0.3, -0.25) is 5.41 Å². The van der Waals surface area contributed by atoms with Gasteiger partial charge in [0.1, 0.15) is 11.6 Å². The Labute approximate surface area is 110 Å². The molecule has 3 N–H and O–H groups in total. The number of hydrogen-bond acceptors (Lipinski definition) is 2. The predicted molar refractivity (Wildman–Crippen MR) is 76.5 cm³/mol. The number of nitrogens with one attached hydrogen (secondary N) is 1. The van der Waals surface area contributed by atoms with Crippen molar-refractivity contribution >= 4 is 5.84 Å². The van der Waals surface area contributed by atoms with Gasteiger partial charge in [0.15, 0.2) is 0 Å². The van der Waals surface area contributed by atoms with Crippen LogP contribution in [0.1, 0.15) is 43.4 Å². The van der Waals surface area contributed by atoms with Crippen molar-refractivity contribution in [3.63, 3.8) is 0 Å². The normalized spacial score (nSPS) is 12.2. The van der Waals surface area contributed by atoms with Crippen molar-refractivity contribution in [3.8, 4) is 5.75 Å². The first-order valence-corrected chi connectivity index (χ1v) is 6.54. The highest BCUT2D eigenvalue weighted by Crippen LogP contribution is 2.25. The maximum atomic E-state index is 7.46. The monoisotopic (exact) mass is 248 g/mol. The van der Waals surface area contributed by atoms with Crippen LogP contribution in [0.5, 0.6) is 5.75 Å². The molecular formula is C15H24N2O. The molecule has 1 unspecified atom stereocenters. The summed E-state index contributed by atoms with van der Waals surface area (Å²) in [6.07, 6.45) is 2.37. The molecule has 0 aromatic heterocycles. The van der Waals surface area contributed by atoms with Crippen molar-refractivity contribution in [3.05, 3.63) is 28.8 Å². The summed E-state index contributed by atoms with van der Waals surface area (Å²) < 4.78 is 5.91. The fourth-order valence-corrected chi connectivity index (χ4v) is 2.14. The molecular weight excluding hydrogens is 224 g/mol. The third-order valence-corrected chi connectivity index (χ3v) is 3.06. The zero-order valence-corrected chi connectivity index (χ0v) is 11.8. The lowest BCUT2D eigenvalue weighted by atomic mass is 10.0. The number of rotatable bonds is 6. The SMILES string of the molecule is CCCC(C)COc1c(C)cc(C(=N)N)cc1C. The van der Waals surface area contributed by atoms with Crippen LogP contribution in [0.2, 0.25) is 0 Å². The molecule has 1 atom stereocenters. The fraction of sp³-hybridized carbons (Fsp3) is 0.533. The molecule has 0 aliphatic heterocycles. The zero-order chi connectivity index (χ0) is 13.7. The minimum Gasteiger partial charge on any atom is -0.493 e. The number of aryl methyl sites for hydroxylation is 2. The number of nitrogens with two attached hydrogens (primary N) is 1. The summed E-state index contributed by atoms with van der Waals surface area (Å²) in [6.45, 7) is 9.14. The number of amidine groups is 1. The van der Waals surface area contributed by atoms with Crippen LogP contribution in [0.3, 0.4) is 0 Å². The van der Waals surface area contributed by atoms with E-state index in [4.69, 9.17) is 15.9 Å². The molecule has 3 nitrogen and oxygen atoms in total. The summed E-state index contributed by atoms with van der Waals surface area (Å²) in [5.74, 6) is 1.61. The lowest BCUT2D eigenvalue weighted by Gasteiger charge is -2.16. The van der Waals surface area contributed by atoms with Gasteiger partial charge in [-0.2, -0.15) is 0 Å². The maximum Gasteiger partial charge on any atom is 0.125 e. The number of ether oxygens (including phenoxy) is 1. The molecule has 0 fully saturated rings. The zero-order valence-electron chi connectivity index (χ0n) is 11.8. The smallest absolute Gasteiger partial charge is 0.125 e. The van der Waals surface area contributed by atoms with E-state index in [2.05, 4.69) is 13.8 Å². The Hall–Kier alpha value is -1.51. The van der Waals surface area contributed by atoms with E-state index >= 15 is 0 Å². The third-order valence-electron chi connectivity index (χ3n) is 3.06. The molecule has 0 radical (unpaired) electrons. The molecule has 100 valence electrons. The molecule has 1 aromatic rings.